The third-order valence-corrected chi connectivity index (χ3v) is 4.65. The number of hydrogen-bond acceptors (Lipinski definition) is 5. The molecule has 1 fully saturated rings. The lowest BCUT2D eigenvalue weighted by molar-refractivity contribution is -0.137. The number of carbonyl (C=O) groups is 1. The van der Waals surface area contributed by atoms with Crippen LogP contribution in [-0.4, -0.2) is 54.2 Å². The summed E-state index contributed by atoms with van der Waals surface area (Å²) in [5.74, 6) is 1.79. The summed E-state index contributed by atoms with van der Waals surface area (Å²) in [4.78, 5) is 23.3. The van der Waals surface area contributed by atoms with Crippen LogP contribution in [0.4, 0.5) is 0 Å². The molecule has 0 bridgehead atoms. The van der Waals surface area contributed by atoms with Gasteiger partial charge in [-0.05, 0) is 50.1 Å². The van der Waals surface area contributed by atoms with E-state index in [4.69, 9.17) is 14.5 Å². The molecule has 6 heteroatoms. The quantitative estimate of drug-likeness (QED) is 0.797. The zero-order chi connectivity index (χ0) is 18.4. The predicted octanol–water partition coefficient (Wildman–Crippen LogP) is 2.89. The van der Waals surface area contributed by atoms with E-state index in [-0.39, 0.29) is 18.4 Å². The number of methoxy groups -OCH3 is 1. The number of nitrogens with zero attached hydrogens (tertiary/aromatic N) is 3. The Labute approximate surface area is 154 Å². The zero-order valence-electron chi connectivity index (χ0n) is 15.4. The van der Waals surface area contributed by atoms with Crippen molar-refractivity contribution in [2.75, 3.05) is 33.4 Å². The van der Waals surface area contributed by atoms with Gasteiger partial charge >= 0.3 is 0 Å². The molecule has 0 spiro atoms. The molecule has 1 atom stereocenters. The summed E-state index contributed by atoms with van der Waals surface area (Å²) in [6.07, 6.45) is 3.80. The second-order valence-electron chi connectivity index (χ2n) is 6.35. The minimum absolute atomic E-state index is 0.0565. The van der Waals surface area contributed by atoms with Crippen LogP contribution in [0, 0.1) is 0 Å². The summed E-state index contributed by atoms with van der Waals surface area (Å²) < 4.78 is 10.5. The maximum atomic E-state index is 12.2. The fourth-order valence-corrected chi connectivity index (χ4v) is 3.20. The molecule has 0 unspecified atom stereocenters. The van der Waals surface area contributed by atoms with Gasteiger partial charge in [-0.15, -0.1) is 0 Å². The smallest absolute Gasteiger partial charge is 0.248 e. The molecule has 6 nitrogen and oxygen atoms in total. The van der Waals surface area contributed by atoms with Crippen LogP contribution in [-0.2, 0) is 9.53 Å². The van der Waals surface area contributed by atoms with Crippen LogP contribution < -0.4 is 4.74 Å². The van der Waals surface area contributed by atoms with E-state index in [9.17, 15) is 4.79 Å². The van der Waals surface area contributed by atoms with Gasteiger partial charge in [0.25, 0.3) is 0 Å². The van der Waals surface area contributed by atoms with E-state index in [1.54, 1.807) is 13.3 Å². The van der Waals surface area contributed by atoms with Crippen LogP contribution in [0.15, 0.2) is 36.5 Å². The van der Waals surface area contributed by atoms with Gasteiger partial charge in [0.1, 0.15) is 12.4 Å². The van der Waals surface area contributed by atoms with Gasteiger partial charge in [-0.1, -0.05) is 0 Å². The molecule has 1 saturated heterocycles. The van der Waals surface area contributed by atoms with Gasteiger partial charge in [-0.3, -0.25) is 4.79 Å². The molecular weight excluding hydrogens is 330 g/mol. The van der Waals surface area contributed by atoms with Crippen LogP contribution in [0.2, 0.25) is 0 Å². The Balaban J connectivity index is 1.73. The predicted molar refractivity (Wildman–Crippen MR) is 99.1 cm³/mol. The highest BCUT2D eigenvalue weighted by Crippen LogP contribution is 2.27. The Morgan fingerprint density at radius 1 is 1.27 bits per heavy atom. The van der Waals surface area contributed by atoms with Crippen molar-refractivity contribution in [1.82, 2.24) is 14.9 Å². The highest BCUT2D eigenvalue weighted by Gasteiger charge is 2.25. The maximum absolute atomic E-state index is 12.2. The monoisotopic (exact) mass is 355 g/mol. The van der Waals surface area contributed by atoms with Crippen LogP contribution >= 0.6 is 0 Å². The van der Waals surface area contributed by atoms with E-state index >= 15 is 0 Å². The Morgan fingerprint density at radius 3 is 2.81 bits per heavy atom. The topological polar surface area (TPSA) is 64.5 Å². The molecule has 26 heavy (non-hydrogen) atoms. The fourth-order valence-electron chi connectivity index (χ4n) is 3.20. The number of likely N-dealkylation sites (tertiary alicyclic amines) is 1. The van der Waals surface area contributed by atoms with Crippen molar-refractivity contribution in [3.05, 3.63) is 42.2 Å². The number of hydrogen-bond donors (Lipinski definition) is 0. The molecule has 2 heterocycles. The average molecular weight is 355 g/mol. The molecule has 1 aromatic carbocycles. The Morgan fingerprint density at radius 2 is 2.08 bits per heavy atom. The lowest BCUT2D eigenvalue weighted by Crippen LogP contribution is -2.41. The zero-order valence-corrected chi connectivity index (χ0v) is 15.4. The fraction of sp³-hybridized carbons (Fsp3) is 0.450. The highest BCUT2D eigenvalue weighted by atomic mass is 16.5. The van der Waals surface area contributed by atoms with E-state index in [0.29, 0.717) is 19.0 Å². The average Bonchev–Trinajstić information content (AvgIpc) is 2.72. The van der Waals surface area contributed by atoms with Crippen molar-refractivity contribution in [2.24, 2.45) is 0 Å². The third-order valence-electron chi connectivity index (χ3n) is 4.65. The van der Waals surface area contributed by atoms with Crippen molar-refractivity contribution in [1.29, 1.82) is 0 Å². The standard InChI is InChI=1S/C20H25N3O3/c1-3-26-14-19(24)23-12-4-5-16(13-23)18-10-11-21-20(22-18)15-6-8-17(25-2)9-7-15/h6-11,16H,3-5,12-14H2,1-2H3/t16-/m0/s1. The summed E-state index contributed by atoms with van der Waals surface area (Å²) in [6, 6.07) is 9.67. The van der Waals surface area contributed by atoms with Crippen LogP contribution in [0.3, 0.4) is 0 Å². The summed E-state index contributed by atoms with van der Waals surface area (Å²) in [6.45, 7) is 4.09. The number of aromatic nitrogens is 2. The van der Waals surface area contributed by atoms with Crippen LogP contribution in [0.25, 0.3) is 11.4 Å². The maximum Gasteiger partial charge on any atom is 0.248 e. The van der Waals surface area contributed by atoms with E-state index in [1.165, 1.54) is 0 Å². The van der Waals surface area contributed by atoms with Crippen molar-refractivity contribution in [3.8, 4) is 17.1 Å². The second-order valence-corrected chi connectivity index (χ2v) is 6.35. The van der Waals surface area contributed by atoms with Gasteiger partial charge in [0.15, 0.2) is 5.82 Å². The lowest BCUT2D eigenvalue weighted by Gasteiger charge is -2.32. The SMILES string of the molecule is CCOCC(=O)N1CCC[C@H](c2ccnc(-c3ccc(OC)cc3)n2)C1. The van der Waals surface area contributed by atoms with E-state index in [0.717, 1.165) is 36.4 Å². The summed E-state index contributed by atoms with van der Waals surface area (Å²) in [5, 5.41) is 0. The van der Waals surface area contributed by atoms with Crippen molar-refractivity contribution in [3.63, 3.8) is 0 Å². The molecule has 0 aliphatic carbocycles. The third kappa shape index (κ3) is 4.38. The van der Waals surface area contributed by atoms with Gasteiger partial charge in [0.2, 0.25) is 5.91 Å². The van der Waals surface area contributed by atoms with Crippen molar-refractivity contribution < 1.29 is 14.3 Å². The Kier molecular flexibility index (Phi) is 6.17. The normalized spacial score (nSPS) is 17.2. The first-order valence-corrected chi connectivity index (χ1v) is 9.04. The highest BCUT2D eigenvalue weighted by molar-refractivity contribution is 5.77. The first kappa shape index (κ1) is 18.3. The number of amides is 1. The van der Waals surface area contributed by atoms with Gasteiger partial charge in [-0.25, -0.2) is 9.97 Å². The van der Waals surface area contributed by atoms with E-state index < -0.39 is 0 Å². The number of piperidine rings is 1. The van der Waals surface area contributed by atoms with Gasteiger partial charge < -0.3 is 14.4 Å². The number of benzene rings is 1. The second kappa shape index (κ2) is 8.76. The molecule has 0 saturated carbocycles. The van der Waals surface area contributed by atoms with E-state index in [2.05, 4.69) is 4.98 Å². The summed E-state index contributed by atoms with van der Waals surface area (Å²) in [7, 11) is 1.65. The first-order valence-electron chi connectivity index (χ1n) is 9.04. The molecule has 1 aliphatic rings. The first-order chi connectivity index (χ1) is 12.7. The summed E-state index contributed by atoms with van der Waals surface area (Å²) >= 11 is 0. The molecule has 1 aliphatic heterocycles. The molecule has 2 aromatic rings. The number of carbonyl (C=O) groups excluding carboxylic acids is 1. The number of rotatable bonds is 6. The molecule has 1 amide bonds. The minimum Gasteiger partial charge on any atom is -0.497 e. The molecular formula is C20H25N3O3. The molecule has 0 radical (unpaired) electrons. The van der Waals surface area contributed by atoms with Gasteiger partial charge in [0, 0.05) is 43.1 Å². The van der Waals surface area contributed by atoms with E-state index in [1.807, 2.05) is 42.2 Å². The molecule has 138 valence electrons. The van der Waals surface area contributed by atoms with Gasteiger partial charge in [0.05, 0.1) is 7.11 Å². The van der Waals surface area contributed by atoms with Gasteiger partial charge in [-0.2, -0.15) is 0 Å². The molecule has 1 aromatic heterocycles. The Bertz CT molecular complexity index is 733. The van der Waals surface area contributed by atoms with Crippen molar-refractivity contribution in [2.45, 2.75) is 25.7 Å². The van der Waals surface area contributed by atoms with Crippen LogP contribution in [0.5, 0.6) is 5.75 Å². The minimum atomic E-state index is 0.0565. The molecule has 0 N–H and O–H groups in total. The number of ether oxygens (including phenoxy) is 2. The molecule has 3 rings (SSSR count). The largest absolute Gasteiger partial charge is 0.497 e. The Hall–Kier alpha value is -2.47. The van der Waals surface area contributed by atoms with Crippen LogP contribution in [0.1, 0.15) is 31.4 Å². The lowest BCUT2D eigenvalue weighted by atomic mass is 9.94. The summed E-state index contributed by atoms with van der Waals surface area (Å²) in [5.41, 5.74) is 1.94. The van der Waals surface area contributed by atoms with Crippen molar-refractivity contribution >= 4 is 5.91 Å².